The van der Waals surface area contributed by atoms with Crippen molar-refractivity contribution in [2.24, 2.45) is 0 Å². The van der Waals surface area contributed by atoms with Crippen molar-refractivity contribution in [1.29, 1.82) is 0 Å². The van der Waals surface area contributed by atoms with Gasteiger partial charge in [0.2, 0.25) is 0 Å². The summed E-state index contributed by atoms with van der Waals surface area (Å²) in [5, 5.41) is 0.704. The molecule has 0 N–H and O–H groups in total. The maximum Gasteiger partial charge on any atom is 0.137 e. The van der Waals surface area contributed by atoms with Crippen LogP contribution in [0, 0.1) is 5.82 Å². The van der Waals surface area contributed by atoms with Crippen LogP contribution in [-0.2, 0) is 0 Å². The van der Waals surface area contributed by atoms with E-state index in [1.165, 1.54) is 24.2 Å². The fraction of sp³-hybridized carbons (Fsp3) is 0. The molecule has 0 saturated heterocycles. The average molecular weight is 285 g/mol. The van der Waals surface area contributed by atoms with E-state index in [2.05, 4.69) is 25.9 Å². The molecule has 2 nitrogen and oxygen atoms in total. The number of benzene rings is 1. The molecule has 0 aliphatic rings. The first-order valence-corrected chi connectivity index (χ1v) is 5.76. The van der Waals surface area contributed by atoms with Crippen molar-refractivity contribution in [3.63, 3.8) is 0 Å². The Morgan fingerprint density at radius 1 is 1.27 bits per heavy atom. The summed E-state index contributed by atoms with van der Waals surface area (Å²) in [6, 6.07) is 6.60. The highest BCUT2D eigenvalue weighted by atomic mass is 79.9. The van der Waals surface area contributed by atoms with Crippen molar-refractivity contribution in [2.45, 2.75) is 9.92 Å². The van der Waals surface area contributed by atoms with Crippen LogP contribution in [0.25, 0.3) is 0 Å². The van der Waals surface area contributed by atoms with Gasteiger partial charge >= 0.3 is 0 Å². The highest BCUT2D eigenvalue weighted by Gasteiger charge is 2.06. The maximum atomic E-state index is 13.3. The molecule has 1 aromatic carbocycles. The van der Waals surface area contributed by atoms with E-state index in [1.54, 1.807) is 24.4 Å². The Kier molecular flexibility index (Phi) is 3.33. The van der Waals surface area contributed by atoms with E-state index < -0.39 is 0 Å². The molecule has 15 heavy (non-hydrogen) atoms. The van der Waals surface area contributed by atoms with Gasteiger partial charge in [0, 0.05) is 11.1 Å². The predicted molar refractivity (Wildman–Crippen MR) is 60.3 cm³/mol. The lowest BCUT2D eigenvalue weighted by Crippen LogP contribution is -1.85. The van der Waals surface area contributed by atoms with Gasteiger partial charge in [0.1, 0.15) is 17.2 Å². The second kappa shape index (κ2) is 4.72. The third kappa shape index (κ3) is 2.54. The molecule has 5 heteroatoms. The molecule has 0 saturated carbocycles. The molecule has 0 amide bonds. The molecule has 0 spiro atoms. The molecule has 0 bridgehead atoms. The standard InChI is InChI=1S/C10H6BrFN2S/c11-7-5-13-6-14-10(7)15-9-4-2-1-3-8(9)12/h1-6H. The van der Waals surface area contributed by atoms with Gasteiger partial charge in [0.15, 0.2) is 0 Å². The summed E-state index contributed by atoms with van der Waals surface area (Å²) in [6.07, 6.45) is 3.07. The zero-order valence-electron chi connectivity index (χ0n) is 7.52. The van der Waals surface area contributed by atoms with Crippen LogP contribution in [-0.4, -0.2) is 9.97 Å². The maximum absolute atomic E-state index is 13.3. The lowest BCUT2D eigenvalue weighted by atomic mass is 10.3. The lowest BCUT2D eigenvalue weighted by Gasteiger charge is -2.02. The molecule has 1 aromatic heterocycles. The molecule has 2 aromatic rings. The van der Waals surface area contributed by atoms with Crippen LogP contribution in [0.15, 0.2) is 51.2 Å². The third-order valence-electron chi connectivity index (χ3n) is 1.68. The van der Waals surface area contributed by atoms with Gasteiger partial charge in [0.05, 0.1) is 4.47 Å². The summed E-state index contributed by atoms with van der Waals surface area (Å²) >= 11 is 4.58. The second-order valence-electron chi connectivity index (χ2n) is 2.71. The number of hydrogen-bond donors (Lipinski definition) is 0. The van der Waals surface area contributed by atoms with Gasteiger partial charge in [-0.25, -0.2) is 14.4 Å². The zero-order valence-corrected chi connectivity index (χ0v) is 9.93. The first-order valence-electron chi connectivity index (χ1n) is 4.15. The topological polar surface area (TPSA) is 25.8 Å². The Hall–Kier alpha value is -0.940. The summed E-state index contributed by atoms with van der Waals surface area (Å²) in [4.78, 5) is 8.45. The normalized spacial score (nSPS) is 10.3. The van der Waals surface area contributed by atoms with Crippen molar-refractivity contribution >= 4 is 27.7 Å². The monoisotopic (exact) mass is 284 g/mol. The average Bonchev–Trinajstić information content (AvgIpc) is 2.24. The fourth-order valence-electron chi connectivity index (χ4n) is 1.01. The number of halogens is 2. The van der Waals surface area contributed by atoms with Crippen molar-refractivity contribution in [2.75, 3.05) is 0 Å². The highest BCUT2D eigenvalue weighted by Crippen LogP contribution is 2.32. The quantitative estimate of drug-likeness (QED) is 0.789. The minimum absolute atomic E-state index is 0.243. The first kappa shape index (κ1) is 10.6. The van der Waals surface area contributed by atoms with Crippen molar-refractivity contribution in [1.82, 2.24) is 9.97 Å². The molecule has 0 unspecified atom stereocenters. The Morgan fingerprint density at radius 3 is 2.80 bits per heavy atom. The van der Waals surface area contributed by atoms with Crippen LogP contribution in [0.2, 0.25) is 0 Å². The van der Waals surface area contributed by atoms with E-state index in [4.69, 9.17) is 0 Å². The molecule has 0 fully saturated rings. The second-order valence-corrected chi connectivity index (χ2v) is 4.59. The van der Waals surface area contributed by atoms with Crippen LogP contribution < -0.4 is 0 Å². The summed E-state index contributed by atoms with van der Waals surface area (Å²) in [5.41, 5.74) is 0. The first-order chi connectivity index (χ1) is 7.27. The third-order valence-corrected chi connectivity index (χ3v) is 3.59. The molecule has 76 valence electrons. The molecule has 0 atom stereocenters. The van der Waals surface area contributed by atoms with E-state index in [0.29, 0.717) is 9.92 Å². The van der Waals surface area contributed by atoms with Gasteiger partial charge in [-0.05, 0) is 28.1 Å². The van der Waals surface area contributed by atoms with Crippen LogP contribution in [0.4, 0.5) is 4.39 Å². The minimum atomic E-state index is -0.243. The highest BCUT2D eigenvalue weighted by molar-refractivity contribution is 9.10. The van der Waals surface area contributed by atoms with Gasteiger partial charge in [-0.1, -0.05) is 23.9 Å². The smallest absolute Gasteiger partial charge is 0.137 e. The van der Waals surface area contributed by atoms with E-state index in [-0.39, 0.29) is 5.82 Å². The van der Waals surface area contributed by atoms with Crippen molar-refractivity contribution in [3.05, 3.63) is 47.1 Å². The molecule has 0 radical (unpaired) electrons. The largest absolute Gasteiger partial charge is 0.244 e. The van der Waals surface area contributed by atoms with Crippen LogP contribution in [0.5, 0.6) is 0 Å². The molecular weight excluding hydrogens is 279 g/mol. The number of nitrogens with zero attached hydrogens (tertiary/aromatic N) is 2. The molecule has 0 aliphatic heterocycles. The summed E-state index contributed by atoms with van der Waals surface area (Å²) in [5.74, 6) is -0.243. The van der Waals surface area contributed by atoms with E-state index >= 15 is 0 Å². The fourth-order valence-corrected chi connectivity index (χ4v) is 2.24. The predicted octanol–water partition coefficient (Wildman–Crippen LogP) is 3.53. The molecule has 1 heterocycles. The van der Waals surface area contributed by atoms with E-state index in [1.807, 2.05) is 0 Å². The van der Waals surface area contributed by atoms with E-state index in [9.17, 15) is 4.39 Å². The van der Waals surface area contributed by atoms with Gasteiger partial charge in [0.25, 0.3) is 0 Å². The Balaban J connectivity index is 2.30. The Bertz CT molecular complexity index is 435. The van der Waals surface area contributed by atoms with Crippen molar-refractivity contribution in [3.8, 4) is 0 Å². The van der Waals surface area contributed by atoms with Crippen LogP contribution in [0.3, 0.4) is 0 Å². The molecule has 0 aliphatic carbocycles. The SMILES string of the molecule is Fc1ccccc1Sc1ncncc1Br. The summed E-state index contributed by atoms with van der Waals surface area (Å²) in [7, 11) is 0. The molecular formula is C10H6BrFN2S. The van der Waals surface area contributed by atoms with Gasteiger partial charge in [-0.15, -0.1) is 0 Å². The van der Waals surface area contributed by atoms with Gasteiger partial charge < -0.3 is 0 Å². The van der Waals surface area contributed by atoms with Crippen LogP contribution >= 0.6 is 27.7 Å². The molecule has 2 rings (SSSR count). The Morgan fingerprint density at radius 2 is 2.07 bits per heavy atom. The number of hydrogen-bond acceptors (Lipinski definition) is 3. The number of aromatic nitrogens is 2. The minimum Gasteiger partial charge on any atom is -0.244 e. The zero-order chi connectivity index (χ0) is 10.7. The number of rotatable bonds is 2. The van der Waals surface area contributed by atoms with E-state index in [0.717, 1.165) is 4.47 Å². The van der Waals surface area contributed by atoms with Crippen LogP contribution in [0.1, 0.15) is 0 Å². The summed E-state index contributed by atoms with van der Waals surface area (Å²) in [6.45, 7) is 0. The summed E-state index contributed by atoms with van der Waals surface area (Å²) < 4.78 is 14.1. The Labute approximate surface area is 99.1 Å². The lowest BCUT2D eigenvalue weighted by molar-refractivity contribution is 0.602. The van der Waals surface area contributed by atoms with Gasteiger partial charge in [-0.3, -0.25) is 0 Å². The van der Waals surface area contributed by atoms with Gasteiger partial charge in [-0.2, -0.15) is 0 Å². The van der Waals surface area contributed by atoms with Crippen molar-refractivity contribution < 1.29 is 4.39 Å².